The van der Waals surface area contributed by atoms with Crippen LogP contribution in [0, 0.1) is 5.82 Å². The quantitative estimate of drug-likeness (QED) is 0.762. The van der Waals surface area contributed by atoms with Crippen molar-refractivity contribution in [2.45, 2.75) is 0 Å². The van der Waals surface area contributed by atoms with Gasteiger partial charge < -0.3 is 14.8 Å². The van der Waals surface area contributed by atoms with Gasteiger partial charge in [0.1, 0.15) is 23.1 Å². The van der Waals surface area contributed by atoms with Crippen molar-refractivity contribution >= 4 is 22.3 Å². The van der Waals surface area contributed by atoms with Gasteiger partial charge in [0.15, 0.2) is 5.13 Å². The highest BCUT2D eigenvalue weighted by Crippen LogP contribution is 2.35. The van der Waals surface area contributed by atoms with E-state index in [1.807, 2.05) is 23.6 Å². The van der Waals surface area contributed by atoms with Crippen LogP contribution in [-0.2, 0) is 0 Å². The Morgan fingerprint density at radius 1 is 1.13 bits per heavy atom. The smallest absolute Gasteiger partial charge is 0.188 e. The van der Waals surface area contributed by atoms with Crippen LogP contribution in [0.2, 0.25) is 0 Å². The van der Waals surface area contributed by atoms with Crippen molar-refractivity contribution in [3.63, 3.8) is 0 Å². The van der Waals surface area contributed by atoms with E-state index in [1.165, 1.54) is 17.4 Å². The average molecular weight is 331 g/mol. The molecule has 0 unspecified atom stereocenters. The molecule has 2 heterocycles. The predicted octanol–water partition coefficient (Wildman–Crippen LogP) is 4.11. The van der Waals surface area contributed by atoms with E-state index in [1.54, 1.807) is 20.3 Å². The standard InChI is InChI=1S/C16H14FN3O2S/c1-21-11-4-5-14(22-2)12(7-11)13-9-23-16(19-13)20-15-6-3-10(17)8-18-15/h3-9H,1-2H3,(H,18,19,20). The molecule has 0 bridgehead atoms. The van der Waals surface area contributed by atoms with E-state index in [-0.39, 0.29) is 5.82 Å². The normalized spacial score (nSPS) is 10.4. The number of hydrogen-bond donors (Lipinski definition) is 1. The molecule has 118 valence electrons. The molecule has 1 aromatic carbocycles. The van der Waals surface area contributed by atoms with Gasteiger partial charge in [-0.3, -0.25) is 0 Å². The number of nitrogens with one attached hydrogen (secondary N) is 1. The summed E-state index contributed by atoms with van der Waals surface area (Å²) in [4.78, 5) is 8.47. The van der Waals surface area contributed by atoms with Gasteiger partial charge in [-0.1, -0.05) is 0 Å². The van der Waals surface area contributed by atoms with E-state index < -0.39 is 0 Å². The molecule has 0 radical (unpaired) electrons. The topological polar surface area (TPSA) is 56.3 Å². The lowest BCUT2D eigenvalue weighted by molar-refractivity contribution is 0.404. The largest absolute Gasteiger partial charge is 0.497 e. The van der Waals surface area contributed by atoms with Crippen LogP contribution in [0.5, 0.6) is 11.5 Å². The lowest BCUT2D eigenvalue weighted by Crippen LogP contribution is -1.94. The molecule has 0 saturated heterocycles. The Balaban J connectivity index is 1.88. The van der Waals surface area contributed by atoms with Gasteiger partial charge >= 0.3 is 0 Å². The minimum atomic E-state index is -0.378. The Labute approximate surface area is 136 Å². The Kier molecular flexibility index (Phi) is 4.38. The maximum Gasteiger partial charge on any atom is 0.188 e. The molecule has 5 nitrogen and oxygen atoms in total. The zero-order valence-corrected chi connectivity index (χ0v) is 13.4. The van der Waals surface area contributed by atoms with Gasteiger partial charge in [0.05, 0.1) is 26.1 Å². The maximum atomic E-state index is 12.9. The van der Waals surface area contributed by atoms with E-state index in [9.17, 15) is 4.39 Å². The Morgan fingerprint density at radius 3 is 2.70 bits per heavy atom. The van der Waals surface area contributed by atoms with Crippen molar-refractivity contribution in [3.05, 3.63) is 47.7 Å². The van der Waals surface area contributed by atoms with Gasteiger partial charge in [-0.15, -0.1) is 11.3 Å². The van der Waals surface area contributed by atoms with Gasteiger partial charge in [-0.05, 0) is 30.3 Å². The molecule has 0 saturated carbocycles. The number of pyridine rings is 1. The number of benzene rings is 1. The van der Waals surface area contributed by atoms with Crippen LogP contribution in [-0.4, -0.2) is 24.2 Å². The molecule has 23 heavy (non-hydrogen) atoms. The highest BCUT2D eigenvalue weighted by Gasteiger charge is 2.12. The summed E-state index contributed by atoms with van der Waals surface area (Å²) >= 11 is 1.42. The first-order chi connectivity index (χ1) is 11.2. The second kappa shape index (κ2) is 6.62. The molecule has 0 fully saturated rings. The molecular formula is C16H14FN3O2S. The summed E-state index contributed by atoms with van der Waals surface area (Å²) in [6, 6.07) is 8.43. The molecule has 2 aromatic heterocycles. The highest BCUT2D eigenvalue weighted by atomic mass is 32.1. The third kappa shape index (κ3) is 3.40. The molecule has 0 aliphatic rings. The van der Waals surface area contributed by atoms with E-state index in [0.29, 0.717) is 16.7 Å². The molecule has 0 amide bonds. The van der Waals surface area contributed by atoms with E-state index in [0.717, 1.165) is 23.2 Å². The number of anilines is 2. The van der Waals surface area contributed by atoms with Crippen molar-refractivity contribution < 1.29 is 13.9 Å². The van der Waals surface area contributed by atoms with E-state index >= 15 is 0 Å². The summed E-state index contributed by atoms with van der Waals surface area (Å²) < 4.78 is 23.5. The summed E-state index contributed by atoms with van der Waals surface area (Å²) in [6.45, 7) is 0. The van der Waals surface area contributed by atoms with Crippen LogP contribution in [0.4, 0.5) is 15.3 Å². The molecule has 0 aliphatic heterocycles. The first-order valence-electron chi connectivity index (χ1n) is 6.76. The zero-order chi connectivity index (χ0) is 16.2. The fourth-order valence-electron chi connectivity index (χ4n) is 2.03. The SMILES string of the molecule is COc1ccc(OC)c(-c2csc(Nc3ccc(F)cn3)n2)c1. The van der Waals surface area contributed by atoms with E-state index in [4.69, 9.17) is 9.47 Å². The van der Waals surface area contributed by atoms with Crippen LogP contribution in [0.3, 0.4) is 0 Å². The van der Waals surface area contributed by atoms with Gasteiger partial charge in [-0.25, -0.2) is 14.4 Å². The molecule has 3 rings (SSSR count). The first kappa shape index (κ1) is 15.2. The summed E-state index contributed by atoms with van der Waals surface area (Å²) in [5, 5.41) is 5.61. The lowest BCUT2D eigenvalue weighted by atomic mass is 10.1. The minimum absolute atomic E-state index is 0.378. The third-order valence-electron chi connectivity index (χ3n) is 3.15. The highest BCUT2D eigenvalue weighted by molar-refractivity contribution is 7.14. The van der Waals surface area contributed by atoms with Crippen molar-refractivity contribution in [1.29, 1.82) is 0 Å². The molecule has 7 heteroatoms. The number of rotatable bonds is 5. The van der Waals surface area contributed by atoms with Crippen LogP contribution < -0.4 is 14.8 Å². The first-order valence-corrected chi connectivity index (χ1v) is 7.64. The third-order valence-corrected chi connectivity index (χ3v) is 3.91. The number of methoxy groups -OCH3 is 2. The summed E-state index contributed by atoms with van der Waals surface area (Å²) in [7, 11) is 3.22. The van der Waals surface area contributed by atoms with Gasteiger partial charge in [0, 0.05) is 10.9 Å². The van der Waals surface area contributed by atoms with Gasteiger partial charge in [-0.2, -0.15) is 0 Å². The molecule has 0 spiro atoms. The Morgan fingerprint density at radius 2 is 2.00 bits per heavy atom. The Hall–Kier alpha value is -2.67. The minimum Gasteiger partial charge on any atom is -0.497 e. The Bertz CT molecular complexity index is 805. The number of halogens is 1. The fraction of sp³-hybridized carbons (Fsp3) is 0.125. The number of aromatic nitrogens is 2. The maximum absolute atomic E-state index is 12.9. The number of hydrogen-bond acceptors (Lipinski definition) is 6. The van der Waals surface area contributed by atoms with E-state index in [2.05, 4.69) is 15.3 Å². The molecule has 0 aliphatic carbocycles. The second-order valence-corrected chi connectivity index (χ2v) is 5.45. The van der Waals surface area contributed by atoms with Crippen LogP contribution in [0.1, 0.15) is 0 Å². The molecular weight excluding hydrogens is 317 g/mol. The van der Waals surface area contributed by atoms with Crippen LogP contribution in [0.15, 0.2) is 41.9 Å². The number of nitrogens with zero attached hydrogens (tertiary/aromatic N) is 2. The van der Waals surface area contributed by atoms with Crippen LogP contribution in [0.25, 0.3) is 11.3 Å². The number of thiazole rings is 1. The average Bonchev–Trinajstić information content (AvgIpc) is 3.04. The van der Waals surface area contributed by atoms with Gasteiger partial charge in [0.2, 0.25) is 0 Å². The number of ether oxygens (including phenoxy) is 2. The predicted molar refractivity (Wildman–Crippen MR) is 88.1 cm³/mol. The molecule has 1 N–H and O–H groups in total. The summed E-state index contributed by atoms with van der Waals surface area (Å²) in [5.74, 6) is 1.59. The van der Waals surface area contributed by atoms with Gasteiger partial charge in [0.25, 0.3) is 0 Å². The van der Waals surface area contributed by atoms with Crippen molar-refractivity contribution in [2.75, 3.05) is 19.5 Å². The molecule has 0 atom stereocenters. The summed E-state index contributed by atoms with van der Waals surface area (Å²) in [6.07, 6.45) is 1.15. The van der Waals surface area contributed by atoms with Crippen molar-refractivity contribution in [1.82, 2.24) is 9.97 Å². The zero-order valence-electron chi connectivity index (χ0n) is 12.5. The van der Waals surface area contributed by atoms with Crippen molar-refractivity contribution in [2.24, 2.45) is 0 Å². The summed E-state index contributed by atoms with van der Waals surface area (Å²) in [5.41, 5.74) is 1.60. The van der Waals surface area contributed by atoms with Crippen molar-refractivity contribution in [3.8, 4) is 22.8 Å². The fourth-order valence-corrected chi connectivity index (χ4v) is 2.75. The lowest BCUT2D eigenvalue weighted by Gasteiger charge is -2.08. The monoisotopic (exact) mass is 331 g/mol. The second-order valence-electron chi connectivity index (χ2n) is 4.59. The molecule has 3 aromatic rings. The van der Waals surface area contributed by atoms with Crippen LogP contribution >= 0.6 is 11.3 Å².